The van der Waals surface area contributed by atoms with Gasteiger partial charge in [-0.3, -0.25) is 0 Å². The number of halogens is 2. The molecule has 0 atom stereocenters. The smallest absolute Gasteiger partial charge is 1.00 e. The molecule has 0 saturated carbocycles. The zero-order valence-electron chi connectivity index (χ0n) is 20.4. The molecule has 0 fully saturated rings. The molecule has 0 aliphatic rings. The van der Waals surface area contributed by atoms with E-state index in [9.17, 15) is 0 Å². The minimum Gasteiger partial charge on any atom is -1.00 e. The molecule has 2 aromatic carbocycles. The number of hydrogen-bond donors (Lipinski definition) is 0. The molecule has 2 rings (SSSR count). The Labute approximate surface area is 213 Å². The fourth-order valence-corrected chi connectivity index (χ4v) is 4.33. The zero-order chi connectivity index (χ0) is 20.1. The second-order valence-electron chi connectivity index (χ2n) is 9.38. The van der Waals surface area contributed by atoms with E-state index in [4.69, 9.17) is 0 Å². The molecule has 2 aromatic rings. The van der Waals surface area contributed by atoms with Gasteiger partial charge in [0.1, 0.15) is 0 Å². The molecule has 0 N–H and O–H groups in total. The van der Waals surface area contributed by atoms with Crippen molar-refractivity contribution in [1.82, 2.24) is 0 Å². The fourth-order valence-electron chi connectivity index (χ4n) is 4.33. The molecule has 0 aliphatic heterocycles. The summed E-state index contributed by atoms with van der Waals surface area (Å²) in [6, 6.07) is 9.06. The van der Waals surface area contributed by atoms with Gasteiger partial charge in [0.15, 0.2) is 0 Å². The summed E-state index contributed by atoms with van der Waals surface area (Å²) in [6.07, 6.45) is 5.07. The quantitative estimate of drug-likeness (QED) is 0.517. The van der Waals surface area contributed by atoms with Crippen LogP contribution in [0.25, 0.3) is 0 Å². The molecule has 29 heavy (non-hydrogen) atoms. The van der Waals surface area contributed by atoms with Crippen LogP contribution < -0.4 is 24.8 Å². The van der Waals surface area contributed by atoms with Crippen LogP contribution in [0.4, 0.5) is 0 Å². The summed E-state index contributed by atoms with van der Waals surface area (Å²) in [5.74, 6) is 0. The van der Waals surface area contributed by atoms with E-state index in [-0.39, 0.29) is 51.0 Å². The fraction of sp³-hybridized carbons (Fsp3) is 0.615. The van der Waals surface area contributed by atoms with E-state index in [0.717, 1.165) is 0 Å². The van der Waals surface area contributed by atoms with E-state index < -0.39 is 0 Å². The average molecular weight is 517 g/mol. The van der Waals surface area contributed by atoms with Gasteiger partial charge in [0, 0.05) is 0 Å². The van der Waals surface area contributed by atoms with Crippen molar-refractivity contribution >= 4 is 0 Å². The van der Waals surface area contributed by atoms with Crippen LogP contribution in [0, 0.1) is 27.7 Å². The molecule has 0 nitrogen and oxygen atoms in total. The van der Waals surface area contributed by atoms with Crippen LogP contribution in [0.5, 0.6) is 0 Å². The minimum absolute atomic E-state index is 0. The Morgan fingerprint density at radius 3 is 1.14 bits per heavy atom. The first kappa shape index (κ1) is 33.8. The first-order valence-corrected chi connectivity index (χ1v) is 10.4. The normalized spacial score (nSPS) is 10.8. The topological polar surface area (TPSA) is 0 Å². The van der Waals surface area contributed by atoms with E-state index in [1.807, 2.05) is 0 Å². The molecule has 0 aromatic heterocycles. The Morgan fingerprint density at radius 1 is 0.690 bits per heavy atom. The van der Waals surface area contributed by atoms with E-state index >= 15 is 0 Å². The monoisotopic (exact) mass is 514 g/mol. The minimum atomic E-state index is 0. The molecule has 164 valence electrons. The maximum absolute atomic E-state index is 2.35. The van der Waals surface area contributed by atoms with Gasteiger partial charge in [0.25, 0.3) is 0 Å². The van der Waals surface area contributed by atoms with Crippen LogP contribution in [0.1, 0.15) is 101 Å². The van der Waals surface area contributed by atoms with Gasteiger partial charge < -0.3 is 24.8 Å². The average Bonchev–Trinajstić information content (AvgIpc) is 3.04. The summed E-state index contributed by atoms with van der Waals surface area (Å²) in [5, 5.41) is 0. The first-order chi connectivity index (χ1) is 12.0. The molecule has 0 aliphatic carbocycles. The maximum Gasteiger partial charge on any atom is 4.00 e. The van der Waals surface area contributed by atoms with Gasteiger partial charge in [-0.25, -0.2) is 12.1 Å². The third kappa shape index (κ3) is 9.05. The third-order valence-corrected chi connectivity index (χ3v) is 6.20. The Balaban J connectivity index is -0.000000422. The van der Waals surface area contributed by atoms with Crippen molar-refractivity contribution in [3.63, 3.8) is 0 Å². The molecule has 0 spiro atoms. The van der Waals surface area contributed by atoms with Gasteiger partial charge in [0.2, 0.25) is 0 Å². The molecule has 3 heteroatoms. The first-order valence-electron chi connectivity index (χ1n) is 10.4. The molecule has 0 unspecified atom stereocenters. The van der Waals surface area contributed by atoms with Gasteiger partial charge in [-0.15, -0.1) is 0 Å². The maximum atomic E-state index is 2.35. The van der Waals surface area contributed by atoms with Gasteiger partial charge in [-0.05, 0) is 0 Å². The Morgan fingerprint density at radius 2 is 0.966 bits per heavy atom. The van der Waals surface area contributed by atoms with Crippen molar-refractivity contribution in [3.05, 3.63) is 57.6 Å². The van der Waals surface area contributed by atoms with Crippen molar-refractivity contribution in [2.45, 2.75) is 106 Å². The second-order valence-corrected chi connectivity index (χ2v) is 9.38. The molecule has 0 bridgehead atoms. The number of hydrogen-bond acceptors (Lipinski definition) is 0. The molecule has 0 radical (unpaired) electrons. The predicted octanol–water partition coefficient (Wildman–Crippen LogP) is 2.21. The van der Waals surface area contributed by atoms with E-state index in [1.54, 1.807) is 0 Å². The zero-order valence-corrected chi connectivity index (χ0v) is 24.4. The number of rotatable bonds is 6. The standard InChI is InChI=1S/2C13H21.2ClH.Zr/c2*1-6-9-13(4,5)12-8-7-10(2)11(12)3;;;/h2*7-8H,6,9H2,1-5H3;2*1H;/q2*-1;;;+4/p-2. The van der Waals surface area contributed by atoms with Crippen LogP contribution in [-0.4, -0.2) is 0 Å². The summed E-state index contributed by atoms with van der Waals surface area (Å²) in [5.41, 5.74) is 9.61. The third-order valence-electron chi connectivity index (χ3n) is 6.20. The Kier molecular flexibility index (Phi) is 16.6. The largest absolute Gasteiger partial charge is 4.00 e. The van der Waals surface area contributed by atoms with E-state index in [0.29, 0.717) is 10.8 Å². The summed E-state index contributed by atoms with van der Waals surface area (Å²) in [7, 11) is 0. The van der Waals surface area contributed by atoms with Crippen LogP contribution in [0.3, 0.4) is 0 Å². The second kappa shape index (κ2) is 14.3. The van der Waals surface area contributed by atoms with Crippen LogP contribution >= 0.6 is 0 Å². The van der Waals surface area contributed by atoms with E-state index in [2.05, 4.69) is 93.5 Å². The van der Waals surface area contributed by atoms with E-state index in [1.165, 1.54) is 59.1 Å². The predicted molar refractivity (Wildman–Crippen MR) is 119 cm³/mol. The SMILES string of the molecule is CCCC(C)(C)c1cc[c-](C)c1C.CCCC(C)(C)c1cc[c-](C)c1C.[Cl-].[Cl-].[Zr+4]. The molecule has 0 saturated heterocycles. The summed E-state index contributed by atoms with van der Waals surface area (Å²) in [6.45, 7) is 22.8. The van der Waals surface area contributed by atoms with Crippen molar-refractivity contribution in [1.29, 1.82) is 0 Å². The van der Waals surface area contributed by atoms with Crippen LogP contribution in [0.15, 0.2) is 24.3 Å². The van der Waals surface area contributed by atoms with Crippen molar-refractivity contribution in [2.75, 3.05) is 0 Å². The summed E-state index contributed by atoms with van der Waals surface area (Å²) in [4.78, 5) is 0. The Hall–Kier alpha value is 0.163. The van der Waals surface area contributed by atoms with Gasteiger partial charge in [-0.1, -0.05) is 106 Å². The van der Waals surface area contributed by atoms with Crippen molar-refractivity contribution in [2.24, 2.45) is 0 Å². The van der Waals surface area contributed by atoms with Gasteiger partial charge in [0.05, 0.1) is 0 Å². The van der Waals surface area contributed by atoms with Gasteiger partial charge in [-0.2, -0.15) is 45.5 Å². The van der Waals surface area contributed by atoms with Crippen molar-refractivity contribution in [3.8, 4) is 0 Å². The summed E-state index contributed by atoms with van der Waals surface area (Å²) < 4.78 is 0. The Bertz CT molecular complexity index is 629. The number of aryl methyl sites for hydroxylation is 2. The molecule has 0 heterocycles. The summed E-state index contributed by atoms with van der Waals surface area (Å²) >= 11 is 0. The van der Waals surface area contributed by atoms with Crippen LogP contribution in [-0.2, 0) is 37.0 Å². The van der Waals surface area contributed by atoms with Gasteiger partial charge >= 0.3 is 26.2 Å². The van der Waals surface area contributed by atoms with Crippen molar-refractivity contribution < 1.29 is 51.0 Å². The molecular weight excluding hydrogens is 474 g/mol. The molecular formula is C26H42Cl2Zr. The molecule has 0 amide bonds. The van der Waals surface area contributed by atoms with Crippen LogP contribution in [0.2, 0.25) is 0 Å².